The van der Waals surface area contributed by atoms with Gasteiger partial charge in [-0.15, -0.1) is 0 Å². The average molecular weight is 314 g/mol. The monoisotopic (exact) mass is 314 g/mol. The number of anilines is 1. The number of ether oxygens (including phenoxy) is 1. The van der Waals surface area contributed by atoms with Crippen LogP contribution in [-0.2, 0) is 4.79 Å². The minimum atomic E-state index is -0.697. The number of rotatable bonds is 6. The first kappa shape index (κ1) is 16.2. The molecule has 0 radical (unpaired) electrons. The molecule has 2 aromatic rings. The number of ketones is 1. The molecule has 0 spiro atoms. The number of hydrogen-bond donors (Lipinski definition) is 1. The molecule has 7 nitrogen and oxygen atoms in total. The van der Waals surface area contributed by atoms with E-state index in [0.29, 0.717) is 11.3 Å². The fraction of sp³-hybridized carbons (Fsp3) is 0.125. The van der Waals surface area contributed by atoms with Gasteiger partial charge in [0.25, 0.3) is 0 Å². The van der Waals surface area contributed by atoms with Crippen LogP contribution in [-0.4, -0.2) is 23.2 Å². The van der Waals surface area contributed by atoms with Gasteiger partial charge < -0.3 is 10.1 Å². The lowest BCUT2D eigenvalue weighted by Crippen LogP contribution is -2.20. The highest BCUT2D eigenvalue weighted by Crippen LogP contribution is 2.26. The third-order valence-corrected chi connectivity index (χ3v) is 3.02. The molecule has 0 aliphatic carbocycles. The number of benzene rings is 2. The van der Waals surface area contributed by atoms with Crippen molar-refractivity contribution >= 4 is 23.1 Å². The Bertz CT molecular complexity index is 758. The van der Waals surface area contributed by atoms with Gasteiger partial charge in [0.05, 0.1) is 4.92 Å². The van der Waals surface area contributed by atoms with E-state index < -0.39 is 10.9 Å². The normalized spacial score (nSPS) is 9.96. The number of para-hydroxylation sites is 3. The van der Waals surface area contributed by atoms with Gasteiger partial charge in [-0.05, 0) is 25.1 Å². The summed E-state index contributed by atoms with van der Waals surface area (Å²) >= 11 is 0. The molecule has 0 amide bonds. The summed E-state index contributed by atoms with van der Waals surface area (Å²) in [6, 6.07) is 12.4. The highest BCUT2D eigenvalue weighted by molar-refractivity contribution is 5.99. The Kier molecular flexibility index (Phi) is 5.03. The maximum atomic E-state index is 11.8. The second-order valence-electron chi connectivity index (χ2n) is 4.65. The first-order valence-corrected chi connectivity index (χ1v) is 6.77. The van der Waals surface area contributed by atoms with Crippen molar-refractivity contribution in [3.63, 3.8) is 0 Å². The van der Waals surface area contributed by atoms with E-state index in [1.54, 1.807) is 24.3 Å². The Morgan fingerprint density at radius 2 is 1.78 bits per heavy atom. The minimum Gasteiger partial charge on any atom is -0.418 e. The van der Waals surface area contributed by atoms with Gasteiger partial charge in [-0.1, -0.05) is 24.3 Å². The summed E-state index contributed by atoms with van der Waals surface area (Å²) < 4.78 is 5.00. The molecule has 23 heavy (non-hydrogen) atoms. The predicted molar refractivity (Wildman–Crippen MR) is 83.7 cm³/mol. The summed E-state index contributed by atoms with van der Waals surface area (Å²) in [5, 5.41) is 13.7. The van der Waals surface area contributed by atoms with E-state index in [-0.39, 0.29) is 23.8 Å². The Balaban J connectivity index is 2.04. The van der Waals surface area contributed by atoms with E-state index in [2.05, 4.69) is 5.32 Å². The fourth-order valence-electron chi connectivity index (χ4n) is 1.96. The number of nitro benzene ring substituents is 1. The van der Waals surface area contributed by atoms with Gasteiger partial charge in [0.2, 0.25) is 5.75 Å². The highest BCUT2D eigenvalue weighted by atomic mass is 16.6. The molecule has 0 saturated heterocycles. The summed E-state index contributed by atoms with van der Waals surface area (Å²) in [5.41, 5.74) is 0.662. The zero-order valence-electron chi connectivity index (χ0n) is 12.3. The number of hydrogen-bond acceptors (Lipinski definition) is 6. The lowest BCUT2D eigenvalue weighted by atomic mass is 10.1. The van der Waals surface area contributed by atoms with Gasteiger partial charge in [-0.25, -0.2) is 4.79 Å². The van der Waals surface area contributed by atoms with Gasteiger partial charge in [0.15, 0.2) is 5.78 Å². The topological polar surface area (TPSA) is 98.5 Å². The smallest absolute Gasteiger partial charge is 0.330 e. The number of Topliss-reactive ketones (excluding diaryl/α,β-unsaturated/α-hetero) is 1. The van der Waals surface area contributed by atoms with Crippen molar-refractivity contribution in [2.24, 2.45) is 0 Å². The summed E-state index contributed by atoms with van der Waals surface area (Å²) in [7, 11) is 0. The van der Waals surface area contributed by atoms with Gasteiger partial charge >= 0.3 is 11.7 Å². The van der Waals surface area contributed by atoms with Crippen LogP contribution in [0.25, 0.3) is 0 Å². The third kappa shape index (κ3) is 4.13. The van der Waals surface area contributed by atoms with E-state index in [0.717, 1.165) is 0 Å². The Morgan fingerprint density at radius 3 is 2.48 bits per heavy atom. The van der Waals surface area contributed by atoms with Gasteiger partial charge in [0, 0.05) is 17.3 Å². The van der Waals surface area contributed by atoms with Crippen LogP contribution >= 0.6 is 0 Å². The number of nitrogens with zero attached hydrogens (tertiary/aromatic N) is 1. The molecule has 0 fully saturated rings. The first-order chi connectivity index (χ1) is 11.0. The predicted octanol–water partition coefficient (Wildman–Crippen LogP) is 2.81. The molecular formula is C16H14N2O5. The average Bonchev–Trinajstić information content (AvgIpc) is 2.53. The maximum Gasteiger partial charge on any atom is 0.330 e. The Hall–Kier alpha value is -3.22. The van der Waals surface area contributed by atoms with Crippen molar-refractivity contribution in [2.75, 3.05) is 11.9 Å². The Labute approximate surface area is 132 Å². The van der Waals surface area contributed by atoms with Crippen LogP contribution in [0.1, 0.15) is 17.3 Å². The molecular weight excluding hydrogens is 300 g/mol. The van der Waals surface area contributed by atoms with Crippen LogP contribution in [0.4, 0.5) is 11.4 Å². The standard InChI is InChI=1S/C16H14N2O5/c1-11(19)12-6-2-3-7-13(12)17-10-16(20)23-15-9-5-4-8-14(15)18(21)22/h2-9,17H,10H2,1H3. The summed E-state index contributed by atoms with van der Waals surface area (Å²) in [6.07, 6.45) is 0. The number of nitrogens with one attached hydrogen (secondary N) is 1. The molecule has 0 aliphatic heterocycles. The van der Waals surface area contributed by atoms with E-state index in [4.69, 9.17) is 4.74 Å². The zero-order chi connectivity index (χ0) is 16.8. The summed E-state index contributed by atoms with van der Waals surface area (Å²) in [5.74, 6) is -0.957. The number of nitro groups is 1. The number of carbonyl (C=O) groups excluding carboxylic acids is 2. The van der Waals surface area contributed by atoms with Crippen LogP contribution in [0, 0.1) is 10.1 Å². The van der Waals surface area contributed by atoms with Crippen molar-refractivity contribution in [1.82, 2.24) is 0 Å². The second kappa shape index (κ2) is 7.17. The fourth-order valence-corrected chi connectivity index (χ4v) is 1.96. The Morgan fingerprint density at radius 1 is 1.13 bits per heavy atom. The molecule has 2 rings (SSSR count). The van der Waals surface area contributed by atoms with Gasteiger partial charge in [-0.3, -0.25) is 14.9 Å². The number of carbonyl (C=O) groups is 2. The quantitative estimate of drug-likeness (QED) is 0.289. The molecule has 118 valence electrons. The molecule has 0 saturated carbocycles. The molecule has 0 heterocycles. The van der Waals surface area contributed by atoms with Crippen molar-refractivity contribution in [1.29, 1.82) is 0 Å². The van der Waals surface area contributed by atoms with Crippen LogP contribution < -0.4 is 10.1 Å². The molecule has 0 atom stereocenters. The van der Waals surface area contributed by atoms with Crippen molar-refractivity contribution in [3.8, 4) is 5.75 Å². The third-order valence-electron chi connectivity index (χ3n) is 3.02. The molecule has 2 aromatic carbocycles. The summed E-state index contributed by atoms with van der Waals surface area (Å²) in [6.45, 7) is 1.20. The number of esters is 1. The molecule has 7 heteroatoms. The molecule has 1 N–H and O–H groups in total. The zero-order valence-corrected chi connectivity index (χ0v) is 12.3. The SMILES string of the molecule is CC(=O)c1ccccc1NCC(=O)Oc1ccccc1[N+](=O)[O-]. The molecule has 0 aliphatic rings. The van der Waals surface area contributed by atoms with Crippen LogP contribution in [0.15, 0.2) is 48.5 Å². The first-order valence-electron chi connectivity index (χ1n) is 6.77. The lowest BCUT2D eigenvalue weighted by molar-refractivity contribution is -0.385. The molecule has 0 aromatic heterocycles. The van der Waals surface area contributed by atoms with E-state index in [1.165, 1.54) is 31.2 Å². The highest BCUT2D eigenvalue weighted by Gasteiger charge is 2.17. The molecule has 0 bridgehead atoms. The minimum absolute atomic E-state index is 0.121. The summed E-state index contributed by atoms with van der Waals surface area (Å²) in [4.78, 5) is 33.6. The maximum absolute atomic E-state index is 11.8. The molecule has 0 unspecified atom stereocenters. The second-order valence-corrected chi connectivity index (χ2v) is 4.65. The largest absolute Gasteiger partial charge is 0.418 e. The van der Waals surface area contributed by atoms with E-state index >= 15 is 0 Å². The van der Waals surface area contributed by atoms with Gasteiger partial charge in [0.1, 0.15) is 6.54 Å². The van der Waals surface area contributed by atoms with Crippen molar-refractivity contribution < 1.29 is 19.2 Å². The van der Waals surface area contributed by atoms with Crippen LogP contribution in [0.3, 0.4) is 0 Å². The van der Waals surface area contributed by atoms with E-state index in [9.17, 15) is 19.7 Å². The van der Waals surface area contributed by atoms with Crippen molar-refractivity contribution in [2.45, 2.75) is 6.92 Å². The van der Waals surface area contributed by atoms with Crippen LogP contribution in [0.5, 0.6) is 5.75 Å². The van der Waals surface area contributed by atoms with E-state index in [1.807, 2.05) is 0 Å². The van der Waals surface area contributed by atoms with Crippen LogP contribution in [0.2, 0.25) is 0 Å². The van der Waals surface area contributed by atoms with Gasteiger partial charge in [-0.2, -0.15) is 0 Å². The van der Waals surface area contributed by atoms with Crippen molar-refractivity contribution in [3.05, 3.63) is 64.2 Å². The lowest BCUT2D eigenvalue weighted by Gasteiger charge is -2.10.